The highest BCUT2D eigenvalue weighted by atomic mass is 19.4. The minimum Gasteiger partial charge on any atom is -0.367 e. The molecule has 0 amide bonds. The lowest BCUT2D eigenvalue weighted by atomic mass is 10.2. The second kappa shape index (κ2) is 4.84. The van der Waals surface area contributed by atoms with Gasteiger partial charge in [-0.1, -0.05) is 6.07 Å². The van der Waals surface area contributed by atoms with Crippen LogP contribution in [0.2, 0.25) is 0 Å². The first-order valence-corrected chi connectivity index (χ1v) is 4.61. The van der Waals surface area contributed by atoms with Crippen molar-refractivity contribution in [3.05, 3.63) is 23.9 Å². The van der Waals surface area contributed by atoms with E-state index in [2.05, 4.69) is 10.3 Å². The number of nitriles is 1. The SMILES string of the molecule is CC(CC(F)(F)F)Nc1cccc(C#N)n1. The molecule has 0 bridgehead atoms. The first-order chi connectivity index (χ1) is 7.40. The fourth-order valence-electron chi connectivity index (χ4n) is 1.23. The highest BCUT2D eigenvalue weighted by Crippen LogP contribution is 2.22. The van der Waals surface area contributed by atoms with Crippen LogP contribution in [-0.4, -0.2) is 17.2 Å². The number of hydrogen-bond donors (Lipinski definition) is 1. The predicted molar refractivity (Wildman–Crippen MR) is 52.7 cm³/mol. The van der Waals surface area contributed by atoms with E-state index in [0.29, 0.717) is 0 Å². The summed E-state index contributed by atoms with van der Waals surface area (Å²) in [5.41, 5.74) is 0.171. The average Bonchev–Trinajstić information content (AvgIpc) is 2.15. The first-order valence-electron chi connectivity index (χ1n) is 4.61. The number of hydrogen-bond acceptors (Lipinski definition) is 3. The van der Waals surface area contributed by atoms with Gasteiger partial charge >= 0.3 is 6.18 Å². The summed E-state index contributed by atoms with van der Waals surface area (Å²) in [6.45, 7) is 1.41. The Morgan fingerprint density at radius 3 is 2.75 bits per heavy atom. The molecule has 0 saturated carbocycles. The van der Waals surface area contributed by atoms with Crippen molar-refractivity contribution in [1.29, 1.82) is 5.26 Å². The van der Waals surface area contributed by atoms with E-state index in [1.54, 1.807) is 6.07 Å². The van der Waals surface area contributed by atoms with Crippen LogP contribution in [0, 0.1) is 11.3 Å². The number of alkyl halides is 3. The maximum absolute atomic E-state index is 12.0. The quantitative estimate of drug-likeness (QED) is 0.866. The molecule has 0 aliphatic heterocycles. The number of halogens is 3. The molecule has 1 rings (SSSR count). The monoisotopic (exact) mass is 229 g/mol. The standard InChI is InChI=1S/C10H10F3N3/c1-7(5-10(11,12)13)15-9-4-2-3-8(6-14)16-9/h2-4,7H,5H2,1H3,(H,15,16). The molecule has 0 aliphatic rings. The van der Waals surface area contributed by atoms with Crippen LogP contribution in [0.25, 0.3) is 0 Å². The van der Waals surface area contributed by atoms with Crippen LogP contribution in [0.3, 0.4) is 0 Å². The third-order valence-corrected chi connectivity index (χ3v) is 1.80. The van der Waals surface area contributed by atoms with E-state index < -0.39 is 18.6 Å². The topological polar surface area (TPSA) is 48.7 Å². The summed E-state index contributed by atoms with van der Waals surface area (Å²) in [6, 6.07) is 5.61. The molecule has 1 unspecified atom stereocenters. The molecule has 3 nitrogen and oxygen atoms in total. The molecule has 86 valence electrons. The Hall–Kier alpha value is -1.77. The largest absolute Gasteiger partial charge is 0.391 e. The molecule has 0 saturated heterocycles. The van der Waals surface area contributed by atoms with Crippen LogP contribution in [0.4, 0.5) is 19.0 Å². The van der Waals surface area contributed by atoms with Crippen molar-refractivity contribution in [2.24, 2.45) is 0 Å². The van der Waals surface area contributed by atoms with Gasteiger partial charge in [0.15, 0.2) is 0 Å². The van der Waals surface area contributed by atoms with Crippen LogP contribution in [0.15, 0.2) is 18.2 Å². The Balaban J connectivity index is 2.63. The van der Waals surface area contributed by atoms with Crippen molar-refractivity contribution in [2.75, 3.05) is 5.32 Å². The van der Waals surface area contributed by atoms with Crippen LogP contribution in [0.1, 0.15) is 19.0 Å². The van der Waals surface area contributed by atoms with Gasteiger partial charge in [0.25, 0.3) is 0 Å². The van der Waals surface area contributed by atoms with Crippen molar-refractivity contribution in [2.45, 2.75) is 25.6 Å². The molecule has 1 heterocycles. The van der Waals surface area contributed by atoms with Crippen molar-refractivity contribution in [3.8, 4) is 6.07 Å². The number of nitrogens with one attached hydrogen (secondary N) is 1. The summed E-state index contributed by atoms with van der Waals surface area (Å²) in [4.78, 5) is 3.82. The minimum atomic E-state index is -4.21. The summed E-state index contributed by atoms with van der Waals surface area (Å²) < 4.78 is 36.1. The summed E-state index contributed by atoms with van der Waals surface area (Å²) in [5, 5.41) is 11.2. The number of nitrogens with zero attached hydrogens (tertiary/aromatic N) is 2. The van der Waals surface area contributed by atoms with E-state index >= 15 is 0 Å². The molecule has 1 aromatic heterocycles. The van der Waals surface area contributed by atoms with Gasteiger partial charge in [0, 0.05) is 6.04 Å². The first kappa shape index (κ1) is 12.3. The molecule has 1 atom stereocenters. The third kappa shape index (κ3) is 4.17. The number of rotatable bonds is 3. The van der Waals surface area contributed by atoms with Crippen molar-refractivity contribution < 1.29 is 13.2 Å². The smallest absolute Gasteiger partial charge is 0.367 e. The molecule has 6 heteroatoms. The van der Waals surface area contributed by atoms with Crippen LogP contribution in [0.5, 0.6) is 0 Å². The summed E-state index contributed by atoms with van der Waals surface area (Å²) in [7, 11) is 0. The lowest BCUT2D eigenvalue weighted by Crippen LogP contribution is -2.24. The van der Waals surface area contributed by atoms with E-state index in [1.807, 2.05) is 6.07 Å². The molecule has 0 spiro atoms. The van der Waals surface area contributed by atoms with Crippen LogP contribution in [-0.2, 0) is 0 Å². The van der Waals surface area contributed by atoms with Gasteiger partial charge in [-0.25, -0.2) is 4.98 Å². The van der Waals surface area contributed by atoms with E-state index in [1.165, 1.54) is 19.1 Å². The molecule has 1 aromatic rings. The van der Waals surface area contributed by atoms with Gasteiger partial charge in [-0.05, 0) is 19.1 Å². The van der Waals surface area contributed by atoms with Crippen LogP contribution < -0.4 is 5.32 Å². The fraction of sp³-hybridized carbons (Fsp3) is 0.400. The van der Waals surface area contributed by atoms with E-state index in [4.69, 9.17) is 5.26 Å². The van der Waals surface area contributed by atoms with Gasteiger partial charge < -0.3 is 5.32 Å². The summed E-state index contributed by atoms with van der Waals surface area (Å²) >= 11 is 0. The molecule has 16 heavy (non-hydrogen) atoms. The van der Waals surface area contributed by atoms with E-state index in [9.17, 15) is 13.2 Å². The van der Waals surface area contributed by atoms with Crippen LogP contribution >= 0.6 is 0 Å². The summed E-state index contributed by atoms with van der Waals surface area (Å²) in [5.74, 6) is 0.274. The van der Waals surface area contributed by atoms with Gasteiger partial charge in [-0.3, -0.25) is 0 Å². The van der Waals surface area contributed by atoms with Gasteiger partial charge in [-0.2, -0.15) is 18.4 Å². The normalized spacial score (nSPS) is 12.9. The average molecular weight is 229 g/mol. The Kier molecular flexibility index (Phi) is 3.72. The Bertz CT molecular complexity index is 395. The number of anilines is 1. The Morgan fingerprint density at radius 1 is 1.50 bits per heavy atom. The second-order valence-electron chi connectivity index (χ2n) is 3.38. The number of pyridine rings is 1. The summed E-state index contributed by atoms with van der Waals surface area (Å²) in [6.07, 6.45) is -5.15. The van der Waals surface area contributed by atoms with Gasteiger partial charge in [0.1, 0.15) is 17.6 Å². The fourth-order valence-corrected chi connectivity index (χ4v) is 1.23. The zero-order valence-electron chi connectivity index (χ0n) is 8.54. The highest BCUT2D eigenvalue weighted by Gasteiger charge is 2.29. The molecule has 0 fully saturated rings. The van der Waals surface area contributed by atoms with Crippen molar-refractivity contribution in [3.63, 3.8) is 0 Å². The van der Waals surface area contributed by atoms with E-state index in [0.717, 1.165) is 0 Å². The lowest BCUT2D eigenvalue weighted by molar-refractivity contribution is -0.136. The zero-order chi connectivity index (χ0) is 12.2. The highest BCUT2D eigenvalue weighted by molar-refractivity contribution is 5.39. The predicted octanol–water partition coefficient (Wildman–Crippen LogP) is 2.71. The molecule has 1 N–H and O–H groups in total. The minimum absolute atomic E-state index is 0.171. The van der Waals surface area contributed by atoms with Crippen molar-refractivity contribution >= 4 is 5.82 Å². The zero-order valence-corrected chi connectivity index (χ0v) is 8.54. The molecular formula is C10H10F3N3. The Morgan fingerprint density at radius 2 is 2.19 bits per heavy atom. The second-order valence-corrected chi connectivity index (χ2v) is 3.38. The van der Waals surface area contributed by atoms with E-state index in [-0.39, 0.29) is 11.5 Å². The third-order valence-electron chi connectivity index (χ3n) is 1.80. The molecule has 0 aliphatic carbocycles. The molecule has 0 aromatic carbocycles. The Labute approximate surface area is 90.9 Å². The molecule has 0 radical (unpaired) electrons. The van der Waals surface area contributed by atoms with Gasteiger partial charge in [-0.15, -0.1) is 0 Å². The number of aromatic nitrogens is 1. The molecular weight excluding hydrogens is 219 g/mol. The maximum atomic E-state index is 12.0. The maximum Gasteiger partial charge on any atom is 0.391 e. The lowest BCUT2D eigenvalue weighted by Gasteiger charge is -2.16. The van der Waals surface area contributed by atoms with Crippen molar-refractivity contribution in [1.82, 2.24) is 4.98 Å². The van der Waals surface area contributed by atoms with Gasteiger partial charge in [0.2, 0.25) is 0 Å². The van der Waals surface area contributed by atoms with Gasteiger partial charge in [0.05, 0.1) is 6.42 Å².